The lowest BCUT2D eigenvalue weighted by Gasteiger charge is -2.08. The van der Waals surface area contributed by atoms with Crippen LogP contribution in [0.5, 0.6) is 0 Å². The molecule has 2 aromatic heterocycles. The Kier molecular flexibility index (Phi) is 5.74. The molecule has 0 radical (unpaired) electrons. The smallest absolute Gasteiger partial charge is 0.220 e. The van der Waals surface area contributed by atoms with Crippen LogP contribution in [0.25, 0.3) is 21.8 Å². The molecule has 23 heavy (non-hydrogen) atoms. The summed E-state index contributed by atoms with van der Waals surface area (Å²) in [6.07, 6.45) is 4.94. The maximum Gasteiger partial charge on any atom is 0.220 e. The second kappa shape index (κ2) is 7.77. The highest BCUT2D eigenvalue weighted by Crippen LogP contribution is 2.25. The summed E-state index contributed by atoms with van der Waals surface area (Å²) in [5.74, 6) is 0.103. The summed E-state index contributed by atoms with van der Waals surface area (Å²) in [5.41, 5.74) is 3.36. The number of benzene rings is 1. The van der Waals surface area contributed by atoms with Gasteiger partial charge in [0.25, 0.3) is 0 Å². The van der Waals surface area contributed by atoms with E-state index < -0.39 is 0 Å². The molecule has 1 aromatic carbocycles. The summed E-state index contributed by atoms with van der Waals surface area (Å²) < 4.78 is 0. The minimum atomic E-state index is 0.103. The van der Waals surface area contributed by atoms with Crippen molar-refractivity contribution in [2.24, 2.45) is 0 Å². The number of hydrogen-bond donors (Lipinski definition) is 2. The number of nitrogens with one attached hydrogen (secondary N) is 2. The molecule has 3 aromatic rings. The zero-order chi connectivity index (χ0) is 16.8. The first kappa shape index (κ1) is 17.0. The van der Waals surface area contributed by atoms with Gasteiger partial charge in [0.1, 0.15) is 0 Å². The number of nitrogens with zero attached hydrogens (tertiary/aromatic N) is 1. The topological polar surface area (TPSA) is 57.8 Å². The van der Waals surface area contributed by atoms with Gasteiger partial charge in [-0.05, 0) is 38.0 Å². The molecule has 2 N–H and O–H groups in total. The molecule has 4 nitrogen and oxygen atoms in total. The monoisotopic (exact) mass is 311 g/mol. The Labute approximate surface area is 137 Å². The number of H-pyrrole nitrogens is 1. The summed E-state index contributed by atoms with van der Waals surface area (Å²) in [5, 5.41) is 5.23. The van der Waals surface area contributed by atoms with Gasteiger partial charge in [-0.1, -0.05) is 26.0 Å². The van der Waals surface area contributed by atoms with Gasteiger partial charge < -0.3 is 10.3 Å². The van der Waals surface area contributed by atoms with Gasteiger partial charge in [-0.3, -0.25) is 9.78 Å². The number of carbonyl (C=O) groups excluding carboxylic acids is 1. The fraction of sp³-hybridized carbons (Fsp3) is 0.368. The molecule has 3 rings (SSSR count). The molecule has 0 atom stereocenters. The molecule has 0 saturated heterocycles. The highest BCUT2D eigenvalue weighted by molar-refractivity contribution is 6.06. The third-order valence-electron chi connectivity index (χ3n) is 3.55. The average Bonchev–Trinajstić information content (AvgIpc) is 2.92. The normalized spacial score (nSPS) is 10.7. The van der Waals surface area contributed by atoms with Crippen LogP contribution in [0, 0.1) is 0 Å². The molecule has 0 aliphatic carbocycles. The molecule has 0 spiro atoms. The minimum absolute atomic E-state index is 0.103. The molecule has 1 amide bonds. The highest BCUT2D eigenvalue weighted by Gasteiger charge is 2.07. The van der Waals surface area contributed by atoms with E-state index in [0.29, 0.717) is 6.42 Å². The van der Waals surface area contributed by atoms with Crippen molar-refractivity contribution in [2.45, 2.75) is 46.6 Å². The van der Waals surface area contributed by atoms with E-state index in [1.54, 1.807) is 6.20 Å². The lowest BCUT2D eigenvalue weighted by atomic mass is 10.1. The van der Waals surface area contributed by atoms with Crippen molar-refractivity contribution in [3.63, 3.8) is 0 Å². The number of hydrogen-bond acceptors (Lipinski definition) is 2. The summed E-state index contributed by atoms with van der Waals surface area (Å²) in [7, 11) is 0. The number of rotatable bonds is 4. The van der Waals surface area contributed by atoms with Crippen LogP contribution in [0.15, 0.2) is 36.7 Å². The van der Waals surface area contributed by atoms with Crippen LogP contribution >= 0.6 is 0 Å². The second-order valence-electron chi connectivity index (χ2n) is 5.65. The number of fused-ring (bicyclic) bond motifs is 3. The molecule has 122 valence electrons. The molecule has 0 aliphatic heterocycles. The molecule has 0 saturated carbocycles. The lowest BCUT2D eigenvalue weighted by Crippen LogP contribution is -2.30. The summed E-state index contributed by atoms with van der Waals surface area (Å²) in [6, 6.07) is 8.49. The molecular weight excluding hydrogens is 286 g/mol. The molecule has 0 fully saturated rings. The van der Waals surface area contributed by atoms with E-state index in [2.05, 4.69) is 33.5 Å². The van der Waals surface area contributed by atoms with Crippen molar-refractivity contribution < 1.29 is 4.79 Å². The van der Waals surface area contributed by atoms with Crippen molar-refractivity contribution >= 4 is 27.7 Å². The fourth-order valence-electron chi connectivity index (χ4n) is 2.60. The predicted octanol–water partition coefficient (Wildman–Crippen LogP) is 4.20. The van der Waals surface area contributed by atoms with Crippen molar-refractivity contribution in [3.8, 4) is 0 Å². The van der Waals surface area contributed by atoms with E-state index in [1.165, 1.54) is 10.9 Å². The van der Waals surface area contributed by atoms with Crippen molar-refractivity contribution in [3.05, 3.63) is 42.2 Å². The number of aromatic nitrogens is 2. The Bertz CT molecular complexity index is 790. The quantitative estimate of drug-likeness (QED) is 0.758. The molecule has 2 heterocycles. The van der Waals surface area contributed by atoms with Gasteiger partial charge in [0.05, 0.1) is 0 Å². The Morgan fingerprint density at radius 1 is 1.17 bits per heavy atom. The van der Waals surface area contributed by atoms with E-state index in [1.807, 2.05) is 40.0 Å². The summed E-state index contributed by atoms with van der Waals surface area (Å²) in [6.45, 7) is 7.95. The Morgan fingerprint density at radius 2 is 1.96 bits per heavy atom. The predicted molar refractivity (Wildman–Crippen MR) is 96.5 cm³/mol. The van der Waals surface area contributed by atoms with Crippen LogP contribution in [0.2, 0.25) is 0 Å². The fourth-order valence-corrected chi connectivity index (χ4v) is 2.60. The largest absolute Gasteiger partial charge is 0.354 e. The minimum Gasteiger partial charge on any atom is -0.354 e. The van der Waals surface area contributed by atoms with Gasteiger partial charge in [0.2, 0.25) is 5.91 Å². The highest BCUT2D eigenvalue weighted by atomic mass is 16.1. The lowest BCUT2D eigenvalue weighted by molar-refractivity contribution is -0.121. The Morgan fingerprint density at radius 3 is 2.70 bits per heavy atom. The molecule has 0 bridgehead atoms. The van der Waals surface area contributed by atoms with Crippen LogP contribution in [0.1, 0.15) is 39.7 Å². The first-order valence-electron chi connectivity index (χ1n) is 8.27. The van der Waals surface area contributed by atoms with E-state index in [4.69, 9.17) is 0 Å². The summed E-state index contributed by atoms with van der Waals surface area (Å²) >= 11 is 0. The standard InChI is InChI=1S/C17H19N3O.C2H6/c1-11(2)19-17(21)6-4-12-3-5-13-14-10-18-8-7-15(14)20-16(13)9-12;1-2/h3,5,7-11,20H,4,6H2,1-2H3,(H,19,21);1-2H3. The maximum absolute atomic E-state index is 11.7. The number of pyridine rings is 1. The Balaban J connectivity index is 0.000000924. The van der Waals surface area contributed by atoms with E-state index in [-0.39, 0.29) is 11.9 Å². The zero-order valence-electron chi connectivity index (χ0n) is 14.3. The number of amides is 1. The van der Waals surface area contributed by atoms with Crippen LogP contribution in [0.3, 0.4) is 0 Å². The van der Waals surface area contributed by atoms with Gasteiger partial charge in [-0.2, -0.15) is 0 Å². The van der Waals surface area contributed by atoms with Gasteiger partial charge in [0.15, 0.2) is 0 Å². The van der Waals surface area contributed by atoms with Crippen molar-refractivity contribution in [1.82, 2.24) is 15.3 Å². The van der Waals surface area contributed by atoms with Crippen molar-refractivity contribution in [2.75, 3.05) is 0 Å². The van der Waals surface area contributed by atoms with Gasteiger partial charge in [-0.25, -0.2) is 0 Å². The maximum atomic E-state index is 11.7. The molecule has 0 unspecified atom stereocenters. The third-order valence-corrected chi connectivity index (χ3v) is 3.55. The zero-order valence-corrected chi connectivity index (χ0v) is 14.3. The number of aromatic amines is 1. The van der Waals surface area contributed by atoms with E-state index >= 15 is 0 Å². The van der Waals surface area contributed by atoms with Crippen LogP contribution in [0.4, 0.5) is 0 Å². The number of carbonyl (C=O) groups is 1. The first-order valence-corrected chi connectivity index (χ1v) is 8.27. The van der Waals surface area contributed by atoms with Crippen LogP contribution in [-0.2, 0) is 11.2 Å². The van der Waals surface area contributed by atoms with Crippen LogP contribution < -0.4 is 5.32 Å². The SMILES string of the molecule is CC.CC(C)NC(=O)CCc1ccc2c(c1)[nH]c1ccncc12. The van der Waals surface area contributed by atoms with Gasteiger partial charge >= 0.3 is 0 Å². The van der Waals surface area contributed by atoms with E-state index in [0.717, 1.165) is 22.8 Å². The van der Waals surface area contributed by atoms with Crippen molar-refractivity contribution in [1.29, 1.82) is 0 Å². The Hall–Kier alpha value is -2.36. The van der Waals surface area contributed by atoms with Gasteiger partial charge in [-0.15, -0.1) is 0 Å². The first-order chi connectivity index (χ1) is 11.1. The third kappa shape index (κ3) is 4.09. The van der Waals surface area contributed by atoms with E-state index in [9.17, 15) is 4.79 Å². The second-order valence-corrected chi connectivity index (χ2v) is 5.65. The molecule has 4 heteroatoms. The van der Waals surface area contributed by atoms with Gasteiger partial charge in [0, 0.05) is 46.7 Å². The van der Waals surface area contributed by atoms with Crippen LogP contribution in [-0.4, -0.2) is 21.9 Å². The average molecular weight is 311 g/mol. The molecular formula is C19H25N3O. The number of aryl methyl sites for hydroxylation is 1. The summed E-state index contributed by atoms with van der Waals surface area (Å²) in [4.78, 5) is 19.3. The molecule has 0 aliphatic rings.